The summed E-state index contributed by atoms with van der Waals surface area (Å²) in [5.74, 6) is 0.0342. The van der Waals surface area contributed by atoms with Crippen LogP contribution in [0.4, 0.5) is 0 Å². The van der Waals surface area contributed by atoms with E-state index in [4.69, 9.17) is 4.52 Å². The average molecular weight is 289 g/mol. The third-order valence-electron chi connectivity index (χ3n) is 3.52. The fraction of sp³-hybridized carbons (Fsp3) is 0.400. The van der Waals surface area contributed by atoms with Gasteiger partial charge in [0.1, 0.15) is 5.54 Å². The molecule has 0 radical (unpaired) electrons. The van der Waals surface area contributed by atoms with Crippen molar-refractivity contribution in [2.45, 2.75) is 32.9 Å². The van der Waals surface area contributed by atoms with Crippen LogP contribution < -0.4 is 0 Å². The third-order valence-corrected chi connectivity index (χ3v) is 3.52. The number of rotatable bonds is 6. The average Bonchev–Trinajstić information content (AvgIpc) is 2.94. The number of hydrogen-bond acceptors (Lipinski definition) is 5. The lowest BCUT2D eigenvalue weighted by atomic mass is 10.0. The van der Waals surface area contributed by atoms with Crippen molar-refractivity contribution in [2.75, 3.05) is 6.54 Å². The summed E-state index contributed by atoms with van der Waals surface area (Å²) >= 11 is 0. The molecular formula is C15H19N3O3. The molecule has 1 aromatic heterocycles. The van der Waals surface area contributed by atoms with Crippen LogP contribution in [-0.2, 0) is 11.3 Å². The molecule has 6 heteroatoms. The topological polar surface area (TPSA) is 79.5 Å². The molecule has 6 nitrogen and oxygen atoms in total. The maximum Gasteiger partial charge on any atom is 0.323 e. The highest BCUT2D eigenvalue weighted by Gasteiger charge is 2.34. The number of hydrogen-bond donors (Lipinski definition) is 1. The summed E-state index contributed by atoms with van der Waals surface area (Å²) in [5.41, 5.74) is -0.121. The fourth-order valence-electron chi connectivity index (χ4n) is 2.03. The van der Waals surface area contributed by atoms with Gasteiger partial charge in [0, 0.05) is 5.56 Å². The highest BCUT2D eigenvalue weighted by atomic mass is 16.5. The van der Waals surface area contributed by atoms with Crippen LogP contribution in [0.25, 0.3) is 11.4 Å². The van der Waals surface area contributed by atoms with Gasteiger partial charge < -0.3 is 9.63 Å². The van der Waals surface area contributed by atoms with E-state index in [0.29, 0.717) is 24.8 Å². The van der Waals surface area contributed by atoms with Crippen molar-refractivity contribution < 1.29 is 14.4 Å². The Bertz CT molecular complexity index is 608. The molecule has 0 fully saturated rings. The minimum absolute atomic E-state index is 0.301. The zero-order valence-corrected chi connectivity index (χ0v) is 12.4. The number of nitrogens with zero attached hydrogens (tertiary/aromatic N) is 3. The lowest BCUT2D eigenvalue weighted by Gasteiger charge is -2.32. The van der Waals surface area contributed by atoms with Crippen LogP contribution in [-0.4, -0.2) is 38.2 Å². The third kappa shape index (κ3) is 3.28. The van der Waals surface area contributed by atoms with Crippen LogP contribution in [0.3, 0.4) is 0 Å². The smallest absolute Gasteiger partial charge is 0.323 e. The number of carboxylic acids is 1. The molecule has 0 aliphatic rings. The molecular weight excluding hydrogens is 270 g/mol. The van der Waals surface area contributed by atoms with E-state index >= 15 is 0 Å². The zero-order chi connectivity index (χ0) is 15.5. The van der Waals surface area contributed by atoms with Gasteiger partial charge in [-0.25, -0.2) is 0 Å². The molecule has 1 heterocycles. The standard InChI is InChI=1S/C15H19N3O3/c1-4-18(15(2,3)14(19)20)10-12-16-13(17-21-12)11-8-6-5-7-9-11/h5-9H,4,10H2,1-3H3,(H,19,20). The Morgan fingerprint density at radius 1 is 1.33 bits per heavy atom. The number of aromatic nitrogens is 2. The minimum atomic E-state index is -0.990. The molecule has 0 amide bonds. The fourth-order valence-corrected chi connectivity index (χ4v) is 2.03. The Kier molecular flexibility index (Phi) is 4.37. The van der Waals surface area contributed by atoms with Gasteiger partial charge >= 0.3 is 5.97 Å². The summed E-state index contributed by atoms with van der Waals surface area (Å²) in [5, 5.41) is 13.2. The Balaban J connectivity index is 2.17. The molecule has 1 N–H and O–H groups in total. The van der Waals surface area contributed by atoms with Gasteiger partial charge in [-0.1, -0.05) is 42.4 Å². The van der Waals surface area contributed by atoms with E-state index in [2.05, 4.69) is 10.1 Å². The monoisotopic (exact) mass is 289 g/mol. The number of carbonyl (C=O) groups is 1. The van der Waals surface area contributed by atoms with Gasteiger partial charge in [0.2, 0.25) is 11.7 Å². The van der Waals surface area contributed by atoms with E-state index in [0.717, 1.165) is 5.56 Å². The van der Waals surface area contributed by atoms with Crippen molar-refractivity contribution in [1.82, 2.24) is 15.0 Å². The van der Waals surface area contributed by atoms with Crippen molar-refractivity contribution in [3.8, 4) is 11.4 Å². The highest BCUT2D eigenvalue weighted by molar-refractivity contribution is 5.77. The normalized spacial score (nSPS) is 11.8. The van der Waals surface area contributed by atoms with Crippen molar-refractivity contribution in [2.24, 2.45) is 0 Å². The minimum Gasteiger partial charge on any atom is -0.480 e. The first kappa shape index (κ1) is 15.2. The first-order valence-electron chi connectivity index (χ1n) is 6.81. The molecule has 0 aliphatic heterocycles. The Morgan fingerprint density at radius 2 is 2.00 bits per heavy atom. The molecule has 0 saturated carbocycles. The lowest BCUT2D eigenvalue weighted by Crippen LogP contribution is -2.49. The summed E-state index contributed by atoms with van der Waals surface area (Å²) in [7, 11) is 0. The molecule has 21 heavy (non-hydrogen) atoms. The van der Waals surface area contributed by atoms with Crippen LogP contribution in [0.1, 0.15) is 26.7 Å². The van der Waals surface area contributed by atoms with Gasteiger partial charge in [-0.15, -0.1) is 0 Å². The van der Waals surface area contributed by atoms with Crippen LogP contribution in [0, 0.1) is 0 Å². The summed E-state index contributed by atoms with van der Waals surface area (Å²) in [4.78, 5) is 17.4. The summed E-state index contributed by atoms with van der Waals surface area (Å²) in [6.45, 7) is 6.10. The SMILES string of the molecule is CCN(Cc1nc(-c2ccccc2)no1)C(C)(C)C(=O)O. The second kappa shape index (κ2) is 6.05. The quantitative estimate of drug-likeness (QED) is 0.879. The summed E-state index contributed by atoms with van der Waals surface area (Å²) in [6, 6.07) is 9.51. The Hall–Kier alpha value is -2.21. The lowest BCUT2D eigenvalue weighted by molar-refractivity contribution is -0.149. The van der Waals surface area contributed by atoms with Crippen LogP contribution in [0.2, 0.25) is 0 Å². The first-order chi connectivity index (χ1) is 9.95. The zero-order valence-electron chi connectivity index (χ0n) is 12.4. The van der Waals surface area contributed by atoms with Crippen molar-refractivity contribution in [3.63, 3.8) is 0 Å². The van der Waals surface area contributed by atoms with E-state index in [1.807, 2.05) is 37.3 Å². The van der Waals surface area contributed by atoms with Crippen molar-refractivity contribution in [3.05, 3.63) is 36.2 Å². The molecule has 0 unspecified atom stereocenters. The van der Waals surface area contributed by atoms with E-state index in [1.54, 1.807) is 18.7 Å². The second-order valence-corrected chi connectivity index (χ2v) is 5.26. The molecule has 2 rings (SSSR count). The van der Waals surface area contributed by atoms with Crippen LogP contribution in [0.5, 0.6) is 0 Å². The number of benzene rings is 1. The van der Waals surface area contributed by atoms with E-state index < -0.39 is 11.5 Å². The largest absolute Gasteiger partial charge is 0.480 e. The molecule has 0 spiro atoms. The number of carboxylic acid groups (broad SMARTS) is 1. The summed E-state index contributed by atoms with van der Waals surface area (Å²) < 4.78 is 5.23. The molecule has 0 bridgehead atoms. The Labute approximate surface area is 123 Å². The van der Waals surface area contributed by atoms with E-state index in [1.165, 1.54) is 0 Å². The van der Waals surface area contributed by atoms with Gasteiger partial charge in [-0.3, -0.25) is 9.69 Å². The molecule has 0 atom stereocenters. The molecule has 112 valence electrons. The Morgan fingerprint density at radius 3 is 2.57 bits per heavy atom. The van der Waals surface area contributed by atoms with Gasteiger partial charge in [0.15, 0.2) is 0 Å². The number of likely N-dealkylation sites (N-methyl/N-ethyl adjacent to an activating group) is 1. The van der Waals surface area contributed by atoms with Crippen molar-refractivity contribution >= 4 is 5.97 Å². The summed E-state index contributed by atoms with van der Waals surface area (Å²) in [6.07, 6.45) is 0. The molecule has 1 aromatic carbocycles. The molecule has 2 aromatic rings. The first-order valence-corrected chi connectivity index (χ1v) is 6.81. The second-order valence-electron chi connectivity index (χ2n) is 5.26. The maximum atomic E-state index is 11.3. The molecule has 0 aliphatic carbocycles. The number of aliphatic carboxylic acids is 1. The predicted molar refractivity (Wildman–Crippen MR) is 77.5 cm³/mol. The predicted octanol–water partition coefficient (Wildman–Crippen LogP) is 2.42. The van der Waals surface area contributed by atoms with Gasteiger partial charge in [-0.2, -0.15) is 4.98 Å². The molecule has 0 saturated heterocycles. The highest BCUT2D eigenvalue weighted by Crippen LogP contribution is 2.20. The van der Waals surface area contributed by atoms with Gasteiger partial charge in [0.25, 0.3) is 0 Å². The van der Waals surface area contributed by atoms with E-state index in [9.17, 15) is 9.90 Å². The van der Waals surface area contributed by atoms with Gasteiger partial charge in [-0.05, 0) is 20.4 Å². The van der Waals surface area contributed by atoms with E-state index in [-0.39, 0.29) is 0 Å². The van der Waals surface area contributed by atoms with Crippen molar-refractivity contribution in [1.29, 1.82) is 0 Å². The van der Waals surface area contributed by atoms with Gasteiger partial charge in [0.05, 0.1) is 6.54 Å². The maximum absolute atomic E-state index is 11.3. The van der Waals surface area contributed by atoms with Crippen LogP contribution in [0.15, 0.2) is 34.9 Å². The van der Waals surface area contributed by atoms with Crippen LogP contribution >= 0.6 is 0 Å².